The predicted octanol–water partition coefficient (Wildman–Crippen LogP) is 4.84. The molecule has 0 bridgehead atoms. The Kier molecular flexibility index (Phi) is 6.40. The second-order valence-electron chi connectivity index (χ2n) is 6.91. The maximum Gasteiger partial charge on any atom is 0.362 e. The number of nitrogens with zero attached hydrogens (tertiary/aromatic N) is 1. The molecule has 0 N–H and O–H groups in total. The van der Waals surface area contributed by atoms with E-state index in [0.717, 1.165) is 27.2 Å². The minimum atomic E-state index is -0.192. The Bertz CT molecular complexity index is 971. The van der Waals surface area contributed by atoms with Gasteiger partial charge in [-0.2, -0.15) is 0 Å². The van der Waals surface area contributed by atoms with Crippen molar-refractivity contribution in [1.29, 1.82) is 0 Å². The molecule has 4 heteroatoms. The van der Waals surface area contributed by atoms with E-state index in [-0.39, 0.29) is 13.0 Å². The zero-order valence-corrected chi connectivity index (χ0v) is 16.7. The molecule has 0 saturated heterocycles. The predicted molar refractivity (Wildman–Crippen MR) is 121 cm³/mol. The molecule has 0 spiro atoms. The van der Waals surface area contributed by atoms with E-state index in [0.29, 0.717) is 6.42 Å². The van der Waals surface area contributed by atoms with Crippen LogP contribution in [0.2, 0.25) is 5.02 Å². The molecule has 1 unspecified atom stereocenters. The van der Waals surface area contributed by atoms with Crippen LogP contribution in [0.25, 0.3) is 0 Å². The first-order chi connectivity index (χ1) is 14.3. The maximum absolute atomic E-state index is 6.75. The topological polar surface area (TPSA) is 22.1 Å². The number of pyridine rings is 1. The second-order valence-corrected chi connectivity index (χ2v) is 7.35. The lowest BCUT2D eigenvalue weighted by Crippen LogP contribution is -2.46. The van der Waals surface area contributed by atoms with Crippen LogP contribution in [0.5, 0.6) is 0 Å². The van der Waals surface area contributed by atoms with Crippen molar-refractivity contribution in [3.8, 4) is 0 Å². The smallest absolute Gasteiger partial charge is 0.362 e. The summed E-state index contributed by atoms with van der Waals surface area (Å²) < 4.78 is 6.75. The van der Waals surface area contributed by atoms with Crippen LogP contribution < -0.4 is 10.9 Å². The van der Waals surface area contributed by atoms with E-state index in [2.05, 4.69) is 29.2 Å². The molecule has 142 valence electrons. The molecule has 1 heterocycles. The first-order valence-electron chi connectivity index (χ1n) is 9.70. The molecule has 4 rings (SSSR count). The number of benzene rings is 3. The van der Waals surface area contributed by atoms with Gasteiger partial charge in [-0.1, -0.05) is 90.5 Å². The third-order valence-corrected chi connectivity index (χ3v) is 5.11. The van der Waals surface area contributed by atoms with Gasteiger partial charge in [-0.05, 0) is 40.8 Å². The highest BCUT2D eigenvalue weighted by Gasteiger charge is 2.27. The first-order valence-corrected chi connectivity index (χ1v) is 10.1. The van der Waals surface area contributed by atoms with Gasteiger partial charge in [-0.15, -0.1) is 0 Å². The van der Waals surface area contributed by atoms with Crippen LogP contribution in [0.1, 0.15) is 17.4 Å². The molecular formula is C25H21BClNO. The minimum absolute atomic E-state index is 0.184. The molecule has 0 aliphatic carbocycles. The lowest BCUT2D eigenvalue weighted by Gasteiger charge is -2.24. The van der Waals surface area contributed by atoms with Crippen molar-refractivity contribution in [1.82, 2.24) is 4.98 Å². The lowest BCUT2D eigenvalue weighted by atomic mass is 9.55. The van der Waals surface area contributed by atoms with Crippen LogP contribution in [0.3, 0.4) is 0 Å². The monoisotopic (exact) mass is 397 g/mol. The number of hydrogen-bond acceptors (Lipinski definition) is 2. The molecule has 0 amide bonds. The number of aromatic nitrogens is 1. The normalized spacial score (nSPS) is 11.8. The summed E-state index contributed by atoms with van der Waals surface area (Å²) in [6, 6.07) is 34.5. The summed E-state index contributed by atoms with van der Waals surface area (Å²) in [5.74, 6) is 0. The van der Waals surface area contributed by atoms with E-state index in [1.807, 2.05) is 85.1 Å². The van der Waals surface area contributed by atoms with Gasteiger partial charge < -0.3 is 4.65 Å². The zero-order valence-electron chi connectivity index (χ0n) is 16.0. The van der Waals surface area contributed by atoms with Crippen LogP contribution in [0.4, 0.5) is 0 Å². The Morgan fingerprint density at radius 2 is 1.31 bits per heavy atom. The molecule has 1 aromatic heterocycles. The molecule has 0 fully saturated rings. The Hall–Kier alpha value is -2.88. The number of hydrogen-bond donors (Lipinski definition) is 0. The molecule has 0 radical (unpaired) electrons. The fourth-order valence-electron chi connectivity index (χ4n) is 3.39. The van der Waals surface area contributed by atoms with Gasteiger partial charge in [0.15, 0.2) is 0 Å². The molecule has 3 aromatic carbocycles. The van der Waals surface area contributed by atoms with Crippen LogP contribution >= 0.6 is 11.6 Å². The van der Waals surface area contributed by atoms with Crippen LogP contribution in [-0.4, -0.2) is 11.9 Å². The van der Waals surface area contributed by atoms with Crippen molar-refractivity contribution in [2.75, 3.05) is 0 Å². The molecule has 2 nitrogen and oxygen atoms in total. The quantitative estimate of drug-likeness (QED) is 0.416. The maximum atomic E-state index is 6.75. The van der Waals surface area contributed by atoms with Gasteiger partial charge in [0, 0.05) is 17.6 Å². The van der Waals surface area contributed by atoms with Crippen molar-refractivity contribution in [2.24, 2.45) is 0 Å². The number of rotatable bonds is 7. The summed E-state index contributed by atoms with van der Waals surface area (Å²) in [6.45, 7) is -0.184. The average molecular weight is 398 g/mol. The van der Waals surface area contributed by atoms with Crippen molar-refractivity contribution in [3.63, 3.8) is 0 Å². The van der Waals surface area contributed by atoms with Gasteiger partial charge in [-0.25, -0.2) is 0 Å². The highest BCUT2D eigenvalue weighted by molar-refractivity contribution is 6.80. The van der Waals surface area contributed by atoms with E-state index < -0.39 is 0 Å². The fourth-order valence-corrected chi connectivity index (χ4v) is 3.52. The molecular weight excluding hydrogens is 377 g/mol. The lowest BCUT2D eigenvalue weighted by molar-refractivity contribution is 0.209. The minimum Gasteiger partial charge on any atom is -0.418 e. The van der Waals surface area contributed by atoms with Crippen molar-refractivity contribution < 1.29 is 4.65 Å². The molecule has 0 aliphatic rings. The molecule has 0 aliphatic heterocycles. The summed E-state index contributed by atoms with van der Waals surface area (Å²) in [4.78, 5) is 4.58. The van der Waals surface area contributed by atoms with E-state index >= 15 is 0 Å². The van der Waals surface area contributed by atoms with Gasteiger partial charge in [0.2, 0.25) is 0 Å². The van der Waals surface area contributed by atoms with Gasteiger partial charge in [-0.3, -0.25) is 4.98 Å². The van der Waals surface area contributed by atoms with Crippen molar-refractivity contribution in [3.05, 3.63) is 126 Å². The highest BCUT2D eigenvalue weighted by Crippen LogP contribution is 2.23. The van der Waals surface area contributed by atoms with E-state index in [1.165, 1.54) is 0 Å². The second kappa shape index (κ2) is 9.55. The Labute approximate surface area is 177 Å². The van der Waals surface area contributed by atoms with Crippen LogP contribution in [-0.2, 0) is 11.1 Å². The van der Waals surface area contributed by atoms with Gasteiger partial charge in [0.25, 0.3) is 0 Å². The van der Waals surface area contributed by atoms with Gasteiger partial charge >= 0.3 is 6.92 Å². The SMILES string of the molecule is Clc1ccc(CC(OB(c2ccccc2)c2ccccc2)c2ccccn2)cc1. The summed E-state index contributed by atoms with van der Waals surface area (Å²) in [5.41, 5.74) is 4.32. The average Bonchev–Trinajstić information content (AvgIpc) is 2.80. The van der Waals surface area contributed by atoms with E-state index in [1.54, 1.807) is 0 Å². The Morgan fingerprint density at radius 1 is 0.724 bits per heavy atom. The van der Waals surface area contributed by atoms with Gasteiger partial charge in [0.1, 0.15) is 0 Å². The molecule has 29 heavy (non-hydrogen) atoms. The van der Waals surface area contributed by atoms with E-state index in [4.69, 9.17) is 16.3 Å². The van der Waals surface area contributed by atoms with Crippen LogP contribution in [0, 0.1) is 0 Å². The van der Waals surface area contributed by atoms with Crippen LogP contribution in [0.15, 0.2) is 109 Å². The third kappa shape index (κ3) is 5.14. The van der Waals surface area contributed by atoms with E-state index in [9.17, 15) is 0 Å². The summed E-state index contributed by atoms with van der Waals surface area (Å²) in [7, 11) is 0. The van der Waals surface area contributed by atoms with Gasteiger partial charge in [0.05, 0.1) is 11.8 Å². The van der Waals surface area contributed by atoms with Crippen molar-refractivity contribution in [2.45, 2.75) is 12.5 Å². The molecule has 4 aromatic rings. The Morgan fingerprint density at radius 3 is 1.86 bits per heavy atom. The summed E-state index contributed by atoms with van der Waals surface area (Å²) in [6.07, 6.45) is 2.33. The third-order valence-electron chi connectivity index (χ3n) is 4.86. The number of halogens is 1. The fraction of sp³-hybridized carbons (Fsp3) is 0.0800. The Balaban J connectivity index is 1.69. The van der Waals surface area contributed by atoms with Crippen molar-refractivity contribution >= 4 is 29.4 Å². The zero-order chi connectivity index (χ0) is 19.9. The largest absolute Gasteiger partial charge is 0.418 e. The summed E-state index contributed by atoms with van der Waals surface area (Å²) in [5, 5.41) is 0.732. The molecule has 0 saturated carbocycles. The standard InChI is InChI=1S/C25H21BClNO/c27-23-16-14-20(15-17-23)19-25(24-13-7-8-18-28-24)29-26(21-9-3-1-4-10-21)22-11-5-2-6-12-22/h1-18,25H,19H2. The highest BCUT2D eigenvalue weighted by atomic mass is 35.5. The molecule has 1 atom stereocenters. The summed E-state index contributed by atoms with van der Waals surface area (Å²) >= 11 is 6.07. The first kappa shape index (κ1) is 19.4.